The van der Waals surface area contributed by atoms with Crippen molar-refractivity contribution in [3.8, 4) is 0 Å². The monoisotopic (exact) mass is 202 g/mol. The Kier molecular flexibility index (Phi) is 1.99. The van der Waals surface area contributed by atoms with Gasteiger partial charge in [0.05, 0.1) is 0 Å². The zero-order valence-corrected chi connectivity index (χ0v) is 9.46. The number of hydrogen-bond acceptors (Lipinski definition) is 2. The van der Waals surface area contributed by atoms with Crippen molar-refractivity contribution in [1.29, 1.82) is 0 Å². The minimum absolute atomic E-state index is 0.678. The van der Waals surface area contributed by atoms with E-state index in [1.54, 1.807) is 0 Å². The standard InChI is InChI=1S/C13H18N2/c1-9-4-3-5-10-11-8-15(2)7-6-12(11)14-13(9)10/h3-5,11-12,14H,6-8H2,1-2H3. The molecule has 3 rings (SSSR count). The number of rotatable bonds is 0. The summed E-state index contributed by atoms with van der Waals surface area (Å²) in [6.45, 7) is 4.63. The van der Waals surface area contributed by atoms with E-state index in [2.05, 4.69) is 42.4 Å². The van der Waals surface area contributed by atoms with E-state index < -0.39 is 0 Å². The van der Waals surface area contributed by atoms with Gasteiger partial charge in [-0.3, -0.25) is 0 Å². The summed E-state index contributed by atoms with van der Waals surface area (Å²) in [5.41, 5.74) is 4.33. The number of nitrogens with one attached hydrogen (secondary N) is 1. The minimum Gasteiger partial charge on any atom is -0.381 e. The first-order chi connectivity index (χ1) is 7.25. The highest BCUT2D eigenvalue weighted by atomic mass is 15.1. The molecule has 0 aliphatic carbocycles. The van der Waals surface area contributed by atoms with E-state index >= 15 is 0 Å². The molecule has 2 nitrogen and oxygen atoms in total. The van der Waals surface area contributed by atoms with Gasteiger partial charge >= 0.3 is 0 Å². The van der Waals surface area contributed by atoms with Crippen LogP contribution in [-0.2, 0) is 0 Å². The van der Waals surface area contributed by atoms with Crippen LogP contribution in [0.3, 0.4) is 0 Å². The fraction of sp³-hybridized carbons (Fsp3) is 0.538. The Bertz CT molecular complexity index is 386. The van der Waals surface area contributed by atoms with Gasteiger partial charge in [-0.25, -0.2) is 0 Å². The Labute approximate surface area is 91.3 Å². The van der Waals surface area contributed by atoms with Crippen LogP contribution in [0.15, 0.2) is 18.2 Å². The molecule has 1 aromatic carbocycles. The molecule has 0 amide bonds. The van der Waals surface area contributed by atoms with Crippen molar-refractivity contribution in [3.63, 3.8) is 0 Å². The second kappa shape index (κ2) is 3.24. The molecule has 0 radical (unpaired) electrons. The summed E-state index contributed by atoms with van der Waals surface area (Å²) in [5, 5.41) is 3.70. The van der Waals surface area contributed by atoms with Crippen molar-refractivity contribution in [2.24, 2.45) is 0 Å². The number of piperidine rings is 1. The smallest absolute Gasteiger partial charge is 0.0408 e. The first-order valence-electron chi connectivity index (χ1n) is 5.80. The fourth-order valence-corrected chi connectivity index (χ4v) is 2.98. The van der Waals surface area contributed by atoms with E-state index in [0.717, 1.165) is 0 Å². The van der Waals surface area contributed by atoms with E-state index in [4.69, 9.17) is 0 Å². The van der Waals surface area contributed by atoms with E-state index in [1.165, 1.54) is 36.3 Å². The number of nitrogens with zero attached hydrogens (tertiary/aromatic N) is 1. The lowest BCUT2D eigenvalue weighted by atomic mass is 9.89. The highest BCUT2D eigenvalue weighted by Crippen LogP contribution is 2.41. The van der Waals surface area contributed by atoms with Crippen molar-refractivity contribution in [1.82, 2.24) is 4.90 Å². The maximum Gasteiger partial charge on any atom is 0.0408 e. The van der Waals surface area contributed by atoms with Gasteiger partial charge in [-0.1, -0.05) is 18.2 Å². The predicted octanol–water partition coefficient (Wildman–Crippen LogP) is 2.21. The molecule has 15 heavy (non-hydrogen) atoms. The van der Waals surface area contributed by atoms with Crippen LogP contribution in [0.4, 0.5) is 5.69 Å². The van der Waals surface area contributed by atoms with Crippen LogP contribution >= 0.6 is 0 Å². The lowest BCUT2D eigenvalue weighted by molar-refractivity contribution is 0.243. The van der Waals surface area contributed by atoms with E-state index in [9.17, 15) is 0 Å². The molecule has 0 saturated carbocycles. The molecule has 0 aromatic heterocycles. The number of para-hydroxylation sites is 1. The predicted molar refractivity (Wildman–Crippen MR) is 63.4 cm³/mol. The fourth-order valence-electron chi connectivity index (χ4n) is 2.98. The molecule has 2 aliphatic heterocycles. The van der Waals surface area contributed by atoms with Gasteiger partial charge in [0.1, 0.15) is 0 Å². The summed E-state index contributed by atoms with van der Waals surface area (Å²) in [6, 6.07) is 7.36. The normalized spacial score (nSPS) is 29.5. The molecule has 2 heterocycles. The molecule has 1 fully saturated rings. The Morgan fingerprint density at radius 3 is 3.13 bits per heavy atom. The average molecular weight is 202 g/mol. The molecule has 2 unspecified atom stereocenters. The van der Waals surface area contributed by atoms with Gasteiger partial charge in [-0.15, -0.1) is 0 Å². The highest BCUT2D eigenvalue weighted by Gasteiger charge is 2.35. The third-order valence-corrected chi connectivity index (χ3v) is 3.85. The zero-order chi connectivity index (χ0) is 10.4. The molecule has 80 valence electrons. The summed E-state index contributed by atoms with van der Waals surface area (Å²) in [6.07, 6.45) is 1.27. The van der Waals surface area contributed by atoms with Crippen LogP contribution in [0.2, 0.25) is 0 Å². The Balaban J connectivity index is 2.01. The molecule has 1 aromatic rings. The van der Waals surface area contributed by atoms with Gasteiger partial charge in [0, 0.05) is 24.2 Å². The van der Waals surface area contributed by atoms with Crippen LogP contribution in [0.1, 0.15) is 23.5 Å². The summed E-state index contributed by atoms with van der Waals surface area (Å²) < 4.78 is 0. The van der Waals surface area contributed by atoms with Crippen LogP contribution in [0, 0.1) is 6.92 Å². The molecule has 2 aliphatic rings. The largest absolute Gasteiger partial charge is 0.381 e. The lowest BCUT2D eigenvalue weighted by Crippen LogP contribution is -2.39. The Morgan fingerprint density at radius 2 is 2.27 bits per heavy atom. The second-order valence-corrected chi connectivity index (χ2v) is 4.95. The van der Waals surface area contributed by atoms with Crippen molar-refractivity contribution in [2.75, 3.05) is 25.5 Å². The third kappa shape index (κ3) is 1.36. The third-order valence-electron chi connectivity index (χ3n) is 3.85. The van der Waals surface area contributed by atoms with Crippen molar-refractivity contribution in [2.45, 2.75) is 25.3 Å². The Morgan fingerprint density at radius 1 is 1.40 bits per heavy atom. The SMILES string of the molecule is Cc1cccc2c1NC1CCN(C)CC21. The molecule has 2 heteroatoms. The van der Waals surface area contributed by atoms with Crippen molar-refractivity contribution in [3.05, 3.63) is 29.3 Å². The number of likely N-dealkylation sites (N-methyl/N-ethyl adjacent to an activating group) is 1. The number of aryl methyl sites for hydroxylation is 1. The number of hydrogen-bond donors (Lipinski definition) is 1. The van der Waals surface area contributed by atoms with Crippen molar-refractivity contribution >= 4 is 5.69 Å². The zero-order valence-electron chi connectivity index (χ0n) is 9.46. The second-order valence-electron chi connectivity index (χ2n) is 4.95. The molecule has 0 spiro atoms. The highest BCUT2D eigenvalue weighted by molar-refractivity contribution is 5.64. The number of likely N-dealkylation sites (tertiary alicyclic amines) is 1. The molecule has 0 bridgehead atoms. The maximum atomic E-state index is 3.70. The summed E-state index contributed by atoms with van der Waals surface area (Å²) in [7, 11) is 2.23. The number of anilines is 1. The quantitative estimate of drug-likeness (QED) is 0.694. The van der Waals surface area contributed by atoms with Gasteiger partial charge in [0.2, 0.25) is 0 Å². The molecule has 1 saturated heterocycles. The first kappa shape index (κ1) is 9.22. The van der Waals surface area contributed by atoms with Crippen molar-refractivity contribution < 1.29 is 0 Å². The van der Waals surface area contributed by atoms with Gasteiger partial charge in [0.25, 0.3) is 0 Å². The van der Waals surface area contributed by atoms with Gasteiger partial charge in [-0.05, 0) is 38.1 Å². The molecule has 1 N–H and O–H groups in total. The molecular formula is C13H18N2. The summed E-state index contributed by atoms with van der Waals surface area (Å²) in [4.78, 5) is 2.44. The average Bonchev–Trinajstić information content (AvgIpc) is 2.58. The maximum absolute atomic E-state index is 3.70. The van der Waals surface area contributed by atoms with Crippen LogP contribution in [-0.4, -0.2) is 31.1 Å². The summed E-state index contributed by atoms with van der Waals surface area (Å²) >= 11 is 0. The summed E-state index contributed by atoms with van der Waals surface area (Å²) in [5.74, 6) is 0.707. The van der Waals surface area contributed by atoms with Crippen LogP contribution in [0.25, 0.3) is 0 Å². The van der Waals surface area contributed by atoms with Gasteiger partial charge in [-0.2, -0.15) is 0 Å². The van der Waals surface area contributed by atoms with Gasteiger partial charge < -0.3 is 10.2 Å². The van der Waals surface area contributed by atoms with E-state index in [-0.39, 0.29) is 0 Å². The Hall–Kier alpha value is -1.02. The topological polar surface area (TPSA) is 15.3 Å². The lowest BCUT2D eigenvalue weighted by Gasteiger charge is -2.32. The van der Waals surface area contributed by atoms with Gasteiger partial charge in [0.15, 0.2) is 0 Å². The van der Waals surface area contributed by atoms with E-state index in [1.807, 2.05) is 0 Å². The minimum atomic E-state index is 0.678. The molecule has 2 atom stereocenters. The van der Waals surface area contributed by atoms with Crippen LogP contribution in [0.5, 0.6) is 0 Å². The number of fused-ring (bicyclic) bond motifs is 3. The van der Waals surface area contributed by atoms with E-state index in [0.29, 0.717) is 12.0 Å². The first-order valence-corrected chi connectivity index (χ1v) is 5.80. The number of benzene rings is 1. The molecular weight excluding hydrogens is 184 g/mol. The van der Waals surface area contributed by atoms with Crippen LogP contribution < -0.4 is 5.32 Å².